The van der Waals surface area contributed by atoms with E-state index in [1.54, 1.807) is 36.4 Å². The predicted octanol–water partition coefficient (Wildman–Crippen LogP) is 5.64. The van der Waals surface area contributed by atoms with Crippen molar-refractivity contribution in [2.75, 3.05) is 18.5 Å². The van der Waals surface area contributed by atoms with E-state index >= 15 is 0 Å². The van der Waals surface area contributed by atoms with E-state index < -0.39 is 0 Å². The number of nitrogens with one attached hydrogen (secondary N) is 1. The zero-order valence-electron chi connectivity index (χ0n) is 18.6. The number of para-hydroxylation sites is 1. The second kappa shape index (κ2) is 10.0. The molecule has 1 heterocycles. The van der Waals surface area contributed by atoms with E-state index in [0.29, 0.717) is 40.3 Å². The number of aryl methyl sites for hydroxylation is 1. The van der Waals surface area contributed by atoms with Crippen LogP contribution >= 0.6 is 0 Å². The average molecular weight is 443 g/mol. The molecule has 0 aliphatic heterocycles. The minimum atomic E-state index is -0.387. The van der Waals surface area contributed by atoms with E-state index in [2.05, 4.69) is 12.2 Å². The van der Waals surface area contributed by atoms with E-state index in [1.165, 1.54) is 5.56 Å². The van der Waals surface area contributed by atoms with Crippen LogP contribution in [0.2, 0.25) is 0 Å². The van der Waals surface area contributed by atoms with Gasteiger partial charge < -0.3 is 19.2 Å². The highest BCUT2D eigenvalue weighted by atomic mass is 16.5. The van der Waals surface area contributed by atoms with E-state index in [9.17, 15) is 9.59 Å². The Kier molecular flexibility index (Phi) is 6.74. The predicted molar refractivity (Wildman–Crippen MR) is 127 cm³/mol. The number of hydrogen-bond donors (Lipinski definition) is 1. The number of rotatable bonds is 9. The highest BCUT2D eigenvalue weighted by Gasteiger charge is 2.23. The molecule has 1 amide bonds. The van der Waals surface area contributed by atoms with Crippen LogP contribution in [0.25, 0.3) is 11.0 Å². The second-order valence-electron chi connectivity index (χ2n) is 7.42. The van der Waals surface area contributed by atoms with Gasteiger partial charge in [-0.05, 0) is 67.4 Å². The third-order valence-corrected chi connectivity index (χ3v) is 5.20. The lowest BCUT2D eigenvalue weighted by molar-refractivity contribution is -0.118. The summed E-state index contributed by atoms with van der Waals surface area (Å²) < 4.78 is 16.9. The number of ether oxygens (including phenoxy) is 2. The molecular formula is C27H25NO5. The maximum absolute atomic E-state index is 13.2. The van der Waals surface area contributed by atoms with E-state index in [0.717, 1.165) is 6.42 Å². The first-order valence-electron chi connectivity index (χ1n) is 10.9. The molecule has 0 aliphatic carbocycles. The quantitative estimate of drug-likeness (QED) is 0.339. The van der Waals surface area contributed by atoms with Gasteiger partial charge in [-0.1, -0.05) is 31.2 Å². The number of carbonyl (C=O) groups is 2. The normalized spacial score (nSPS) is 10.7. The Balaban J connectivity index is 1.55. The average Bonchev–Trinajstić information content (AvgIpc) is 3.21. The van der Waals surface area contributed by atoms with Crippen molar-refractivity contribution in [3.8, 4) is 11.5 Å². The first-order valence-corrected chi connectivity index (χ1v) is 10.9. The molecule has 1 N–H and O–H groups in total. The third kappa shape index (κ3) is 5.06. The van der Waals surface area contributed by atoms with Gasteiger partial charge in [0.05, 0.1) is 12.3 Å². The van der Waals surface area contributed by atoms with Crippen molar-refractivity contribution >= 4 is 28.3 Å². The van der Waals surface area contributed by atoms with Crippen molar-refractivity contribution in [3.63, 3.8) is 0 Å². The number of amides is 1. The van der Waals surface area contributed by atoms with E-state index in [4.69, 9.17) is 13.9 Å². The van der Waals surface area contributed by atoms with Gasteiger partial charge in [0, 0.05) is 10.9 Å². The van der Waals surface area contributed by atoms with Crippen molar-refractivity contribution < 1.29 is 23.5 Å². The number of anilines is 1. The van der Waals surface area contributed by atoms with E-state index in [1.807, 2.05) is 43.3 Å². The Labute approximate surface area is 192 Å². The van der Waals surface area contributed by atoms with Gasteiger partial charge in [-0.15, -0.1) is 0 Å². The summed E-state index contributed by atoms with van der Waals surface area (Å²) in [4.78, 5) is 25.9. The number of carbonyl (C=O) groups excluding carboxylic acids is 2. The minimum absolute atomic E-state index is 0.0704. The molecule has 0 atom stereocenters. The molecule has 0 saturated heterocycles. The zero-order valence-corrected chi connectivity index (χ0v) is 18.6. The second-order valence-corrected chi connectivity index (χ2v) is 7.42. The molecule has 1 aromatic heterocycles. The molecule has 168 valence electrons. The Hall–Kier alpha value is -4.06. The van der Waals surface area contributed by atoms with Crippen LogP contribution in [-0.4, -0.2) is 24.9 Å². The van der Waals surface area contributed by atoms with Crippen molar-refractivity contribution in [2.45, 2.75) is 20.3 Å². The van der Waals surface area contributed by atoms with Gasteiger partial charge in [0.25, 0.3) is 5.91 Å². The van der Waals surface area contributed by atoms with Gasteiger partial charge in [0.1, 0.15) is 17.1 Å². The SMILES string of the molecule is CCOc1ccc(C(=O)c2oc3ccccc3c2NC(=O)COc2ccc(CC)cc2)cc1. The standard InChI is InChI=1S/C27H25NO5/c1-3-18-9-13-21(14-10-18)32-17-24(29)28-25-22-7-5-6-8-23(22)33-27(25)26(30)19-11-15-20(16-12-19)31-4-2/h5-16H,3-4,17H2,1-2H3,(H,28,29). The Morgan fingerprint density at radius 1 is 0.848 bits per heavy atom. The summed E-state index contributed by atoms with van der Waals surface area (Å²) in [6, 6.07) is 21.6. The third-order valence-electron chi connectivity index (χ3n) is 5.20. The highest BCUT2D eigenvalue weighted by Crippen LogP contribution is 2.32. The van der Waals surface area contributed by atoms with Crippen LogP contribution in [0, 0.1) is 0 Å². The topological polar surface area (TPSA) is 77.8 Å². The lowest BCUT2D eigenvalue weighted by Crippen LogP contribution is -2.21. The van der Waals surface area contributed by atoms with Gasteiger partial charge in [0.15, 0.2) is 12.4 Å². The summed E-state index contributed by atoms with van der Waals surface area (Å²) in [6.07, 6.45) is 0.930. The molecular weight excluding hydrogens is 418 g/mol. The molecule has 6 nitrogen and oxygen atoms in total. The van der Waals surface area contributed by atoms with Gasteiger partial charge in [-0.2, -0.15) is 0 Å². The number of ketones is 1. The molecule has 6 heteroatoms. The molecule has 0 radical (unpaired) electrons. The number of benzene rings is 3. The molecule has 4 rings (SSSR count). The molecule has 4 aromatic rings. The molecule has 0 unspecified atom stereocenters. The van der Waals surface area contributed by atoms with Crippen LogP contribution in [0.5, 0.6) is 11.5 Å². The molecule has 0 saturated carbocycles. The number of furan rings is 1. The smallest absolute Gasteiger partial charge is 0.262 e. The first-order chi connectivity index (χ1) is 16.1. The van der Waals surface area contributed by atoms with Gasteiger partial charge in [-0.3, -0.25) is 9.59 Å². The summed E-state index contributed by atoms with van der Waals surface area (Å²) in [7, 11) is 0. The lowest BCUT2D eigenvalue weighted by Gasteiger charge is -2.09. The van der Waals surface area contributed by atoms with Crippen LogP contribution in [0.15, 0.2) is 77.2 Å². The number of fused-ring (bicyclic) bond motifs is 1. The van der Waals surface area contributed by atoms with Gasteiger partial charge >= 0.3 is 0 Å². The fourth-order valence-electron chi connectivity index (χ4n) is 3.48. The van der Waals surface area contributed by atoms with Crippen molar-refractivity contribution in [3.05, 3.63) is 89.7 Å². The molecule has 0 bridgehead atoms. The van der Waals surface area contributed by atoms with Crippen LogP contribution in [-0.2, 0) is 11.2 Å². The fraction of sp³-hybridized carbons (Fsp3) is 0.185. The van der Waals surface area contributed by atoms with Crippen molar-refractivity contribution in [1.29, 1.82) is 0 Å². The number of hydrogen-bond acceptors (Lipinski definition) is 5. The molecule has 0 fully saturated rings. The largest absolute Gasteiger partial charge is 0.494 e. The summed E-state index contributed by atoms with van der Waals surface area (Å²) in [5.74, 6) is 0.630. The molecule has 0 spiro atoms. The fourth-order valence-corrected chi connectivity index (χ4v) is 3.48. The minimum Gasteiger partial charge on any atom is -0.494 e. The Bertz CT molecular complexity index is 1260. The molecule has 33 heavy (non-hydrogen) atoms. The van der Waals surface area contributed by atoms with Crippen LogP contribution in [0.4, 0.5) is 5.69 Å². The van der Waals surface area contributed by atoms with Crippen molar-refractivity contribution in [2.24, 2.45) is 0 Å². The summed E-state index contributed by atoms with van der Waals surface area (Å²) in [5, 5.41) is 3.45. The van der Waals surface area contributed by atoms with Gasteiger partial charge in [-0.25, -0.2) is 0 Å². The summed E-state index contributed by atoms with van der Waals surface area (Å²) >= 11 is 0. The molecule has 3 aromatic carbocycles. The maximum atomic E-state index is 13.2. The highest BCUT2D eigenvalue weighted by molar-refractivity contribution is 6.17. The van der Waals surface area contributed by atoms with E-state index in [-0.39, 0.29) is 24.1 Å². The summed E-state index contributed by atoms with van der Waals surface area (Å²) in [6.45, 7) is 4.32. The van der Waals surface area contributed by atoms with Crippen molar-refractivity contribution in [1.82, 2.24) is 0 Å². The summed E-state index contributed by atoms with van der Waals surface area (Å²) in [5.41, 5.74) is 2.46. The van der Waals surface area contributed by atoms with Crippen LogP contribution in [0.3, 0.4) is 0 Å². The Morgan fingerprint density at radius 2 is 1.52 bits per heavy atom. The Morgan fingerprint density at radius 3 is 2.21 bits per heavy atom. The first kappa shape index (κ1) is 22.1. The van der Waals surface area contributed by atoms with Gasteiger partial charge in [0.2, 0.25) is 5.78 Å². The monoisotopic (exact) mass is 443 g/mol. The maximum Gasteiger partial charge on any atom is 0.262 e. The van der Waals surface area contributed by atoms with Crippen LogP contribution < -0.4 is 14.8 Å². The zero-order chi connectivity index (χ0) is 23.2. The lowest BCUT2D eigenvalue weighted by atomic mass is 10.1. The van der Waals surface area contributed by atoms with Crippen LogP contribution in [0.1, 0.15) is 35.5 Å². The molecule has 0 aliphatic rings.